The SMILES string of the molecule is CC(C)CC(NC(=O)C(NC(=O)C(N)Cc1ccc(O)cc1)C(C)C)C(=O)NC(Cc1cnc[nH]1)C(=O)O. The van der Waals surface area contributed by atoms with Crippen LogP contribution < -0.4 is 21.7 Å². The van der Waals surface area contributed by atoms with Crippen LogP contribution in [0.1, 0.15) is 45.4 Å². The van der Waals surface area contributed by atoms with Gasteiger partial charge >= 0.3 is 5.97 Å². The van der Waals surface area contributed by atoms with Crippen molar-refractivity contribution >= 4 is 23.7 Å². The molecule has 0 bridgehead atoms. The molecule has 12 heteroatoms. The predicted octanol–water partition coefficient (Wildman–Crippen LogP) is 0.469. The summed E-state index contributed by atoms with van der Waals surface area (Å²) < 4.78 is 0. The first-order chi connectivity index (χ1) is 17.9. The van der Waals surface area contributed by atoms with Gasteiger partial charge in [0.25, 0.3) is 0 Å². The minimum atomic E-state index is -1.23. The van der Waals surface area contributed by atoms with Gasteiger partial charge in [-0.15, -0.1) is 0 Å². The quantitative estimate of drug-likeness (QED) is 0.183. The molecule has 0 radical (unpaired) electrons. The van der Waals surface area contributed by atoms with Crippen LogP contribution >= 0.6 is 0 Å². The van der Waals surface area contributed by atoms with E-state index in [4.69, 9.17) is 5.73 Å². The Hall–Kier alpha value is -3.93. The first kappa shape index (κ1) is 30.3. The number of rotatable bonds is 14. The Labute approximate surface area is 221 Å². The predicted molar refractivity (Wildman–Crippen MR) is 140 cm³/mol. The van der Waals surface area contributed by atoms with Crippen LogP contribution in [0.3, 0.4) is 0 Å². The standard InChI is InChI=1S/C26H38N6O6/c1-14(2)9-20(24(35)31-21(26(37)38)11-17-12-28-13-29-17)30-25(36)22(15(3)4)32-23(34)19(27)10-16-5-7-18(33)8-6-16/h5-8,12-15,19-22,33H,9-11,27H2,1-4H3,(H,28,29)(H,30,36)(H,31,35)(H,32,34)(H,37,38). The first-order valence-corrected chi connectivity index (χ1v) is 12.5. The number of benzene rings is 1. The molecule has 3 amide bonds. The van der Waals surface area contributed by atoms with E-state index < -0.39 is 47.9 Å². The summed E-state index contributed by atoms with van der Waals surface area (Å²) in [5.41, 5.74) is 7.34. The maximum absolute atomic E-state index is 13.2. The van der Waals surface area contributed by atoms with Crippen molar-refractivity contribution in [3.63, 3.8) is 0 Å². The third kappa shape index (κ3) is 9.51. The minimum absolute atomic E-state index is 0.00693. The summed E-state index contributed by atoms with van der Waals surface area (Å²) in [5.74, 6) is -3.20. The van der Waals surface area contributed by atoms with Crippen LogP contribution in [0.25, 0.3) is 0 Å². The number of aromatic amines is 1. The van der Waals surface area contributed by atoms with Crippen molar-refractivity contribution in [2.75, 3.05) is 0 Å². The van der Waals surface area contributed by atoms with Gasteiger partial charge in [-0.2, -0.15) is 0 Å². The molecule has 2 rings (SSSR count). The number of amides is 3. The number of carbonyl (C=O) groups is 4. The van der Waals surface area contributed by atoms with E-state index in [1.54, 1.807) is 26.0 Å². The Morgan fingerprint density at radius 1 is 0.921 bits per heavy atom. The average molecular weight is 531 g/mol. The molecule has 12 nitrogen and oxygen atoms in total. The van der Waals surface area contributed by atoms with Gasteiger partial charge in [0.2, 0.25) is 17.7 Å². The molecule has 0 saturated heterocycles. The monoisotopic (exact) mass is 530 g/mol. The zero-order valence-electron chi connectivity index (χ0n) is 22.1. The molecule has 1 heterocycles. The van der Waals surface area contributed by atoms with Crippen molar-refractivity contribution in [1.29, 1.82) is 0 Å². The lowest BCUT2D eigenvalue weighted by molar-refractivity contribution is -0.142. The van der Waals surface area contributed by atoms with Crippen molar-refractivity contribution < 1.29 is 29.4 Å². The van der Waals surface area contributed by atoms with Gasteiger partial charge in [0.05, 0.1) is 12.4 Å². The van der Waals surface area contributed by atoms with Crippen molar-refractivity contribution in [2.45, 2.75) is 71.1 Å². The van der Waals surface area contributed by atoms with E-state index in [2.05, 4.69) is 25.9 Å². The van der Waals surface area contributed by atoms with Gasteiger partial charge in [0, 0.05) is 18.3 Å². The number of nitrogens with two attached hydrogens (primary N) is 1. The summed E-state index contributed by atoms with van der Waals surface area (Å²) in [4.78, 5) is 57.5. The van der Waals surface area contributed by atoms with E-state index in [0.29, 0.717) is 5.69 Å². The van der Waals surface area contributed by atoms with Gasteiger partial charge in [-0.3, -0.25) is 14.4 Å². The normalized spacial score (nSPS) is 14.4. The number of carboxylic acids is 1. The highest BCUT2D eigenvalue weighted by atomic mass is 16.4. The second-order valence-corrected chi connectivity index (χ2v) is 10.1. The first-order valence-electron chi connectivity index (χ1n) is 12.5. The molecule has 0 fully saturated rings. The maximum atomic E-state index is 13.2. The topological polar surface area (TPSA) is 200 Å². The highest BCUT2D eigenvalue weighted by Gasteiger charge is 2.32. The highest BCUT2D eigenvalue weighted by Crippen LogP contribution is 2.12. The fraction of sp³-hybridized carbons (Fsp3) is 0.500. The number of hydrogen-bond acceptors (Lipinski definition) is 7. The van der Waals surface area contributed by atoms with E-state index in [0.717, 1.165) is 5.56 Å². The molecule has 38 heavy (non-hydrogen) atoms. The molecule has 2 aromatic rings. The number of carboxylic acid groups (broad SMARTS) is 1. The number of hydrogen-bond donors (Lipinski definition) is 7. The molecule has 208 valence electrons. The molecule has 8 N–H and O–H groups in total. The lowest BCUT2D eigenvalue weighted by Gasteiger charge is -2.27. The van der Waals surface area contributed by atoms with Gasteiger partial charge in [-0.05, 0) is 42.4 Å². The number of aliphatic carboxylic acids is 1. The van der Waals surface area contributed by atoms with Gasteiger partial charge < -0.3 is 36.9 Å². The molecule has 0 saturated carbocycles. The molecular formula is C26H38N6O6. The highest BCUT2D eigenvalue weighted by molar-refractivity contribution is 5.94. The fourth-order valence-electron chi connectivity index (χ4n) is 3.83. The second kappa shape index (κ2) is 14.1. The maximum Gasteiger partial charge on any atom is 0.326 e. The molecule has 0 spiro atoms. The molecule has 1 aromatic carbocycles. The van der Waals surface area contributed by atoms with E-state index >= 15 is 0 Å². The second-order valence-electron chi connectivity index (χ2n) is 10.1. The van der Waals surface area contributed by atoms with Crippen molar-refractivity contribution in [3.05, 3.63) is 48.0 Å². The van der Waals surface area contributed by atoms with E-state index in [1.165, 1.54) is 24.7 Å². The molecule has 4 unspecified atom stereocenters. The third-order valence-corrected chi connectivity index (χ3v) is 5.91. The molecule has 1 aromatic heterocycles. The lowest BCUT2D eigenvalue weighted by Crippen LogP contribution is -2.58. The van der Waals surface area contributed by atoms with Crippen LogP contribution in [0.5, 0.6) is 5.75 Å². The molecule has 0 aliphatic rings. The van der Waals surface area contributed by atoms with Gasteiger partial charge in [0.1, 0.15) is 23.9 Å². The summed E-state index contributed by atoms with van der Waals surface area (Å²) in [5, 5.41) is 26.9. The van der Waals surface area contributed by atoms with Gasteiger partial charge in [0.15, 0.2) is 0 Å². The van der Waals surface area contributed by atoms with E-state index in [1.807, 2.05) is 13.8 Å². The summed E-state index contributed by atoms with van der Waals surface area (Å²) in [6.07, 6.45) is 3.33. The van der Waals surface area contributed by atoms with Crippen LogP contribution in [-0.2, 0) is 32.0 Å². The number of nitrogens with zero attached hydrogens (tertiary/aromatic N) is 1. The van der Waals surface area contributed by atoms with Crippen molar-refractivity contribution in [1.82, 2.24) is 25.9 Å². The Kier molecular flexibility index (Phi) is 11.3. The number of carbonyl (C=O) groups excluding carboxylic acids is 3. The van der Waals surface area contributed by atoms with Crippen LogP contribution in [0.2, 0.25) is 0 Å². The van der Waals surface area contributed by atoms with E-state index in [-0.39, 0.29) is 36.8 Å². The fourth-order valence-corrected chi connectivity index (χ4v) is 3.83. The molecular weight excluding hydrogens is 492 g/mol. The van der Waals surface area contributed by atoms with Crippen molar-refractivity contribution in [3.8, 4) is 5.75 Å². The Balaban J connectivity index is 2.08. The van der Waals surface area contributed by atoms with Gasteiger partial charge in [-0.1, -0.05) is 39.8 Å². The van der Waals surface area contributed by atoms with Crippen LogP contribution in [-0.4, -0.2) is 68.0 Å². The van der Waals surface area contributed by atoms with Crippen molar-refractivity contribution in [2.24, 2.45) is 17.6 Å². The Morgan fingerprint density at radius 3 is 2.08 bits per heavy atom. The number of aromatic hydroxyl groups is 1. The van der Waals surface area contributed by atoms with Crippen LogP contribution in [0, 0.1) is 11.8 Å². The third-order valence-electron chi connectivity index (χ3n) is 5.91. The Bertz CT molecular complexity index is 1070. The summed E-state index contributed by atoms with van der Waals surface area (Å²) >= 11 is 0. The summed E-state index contributed by atoms with van der Waals surface area (Å²) in [6, 6.07) is 2.13. The smallest absolute Gasteiger partial charge is 0.326 e. The number of nitrogens with one attached hydrogen (secondary N) is 4. The number of H-pyrrole nitrogens is 1. The zero-order chi connectivity index (χ0) is 28.4. The zero-order valence-corrected chi connectivity index (χ0v) is 22.1. The largest absolute Gasteiger partial charge is 0.508 e. The van der Waals surface area contributed by atoms with Crippen LogP contribution in [0.15, 0.2) is 36.8 Å². The van der Waals surface area contributed by atoms with Gasteiger partial charge in [-0.25, -0.2) is 9.78 Å². The molecule has 4 atom stereocenters. The lowest BCUT2D eigenvalue weighted by atomic mass is 9.98. The van der Waals surface area contributed by atoms with E-state index in [9.17, 15) is 29.4 Å². The minimum Gasteiger partial charge on any atom is -0.508 e. The summed E-state index contributed by atoms with van der Waals surface area (Å²) in [7, 11) is 0. The summed E-state index contributed by atoms with van der Waals surface area (Å²) in [6.45, 7) is 7.24. The number of imidazole rings is 1. The number of phenolic OH excluding ortho intramolecular Hbond substituents is 1. The molecule has 0 aliphatic carbocycles. The average Bonchev–Trinajstić information content (AvgIpc) is 3.35. The number of phenols is 1. The van der Waals surface area contributed by atoms with Crippen LogP contribution in [0.4, 0.5) is 0 Å². The molecule has 0 aliphatic heterocycles. The number of aromatic nitrogens is 2. The Morgan fingerprint density at radius 2 is 1.55 bits per heavy atom.